The molecule has 0 bridgehead atoms. The molecular weight excluding hydrogens is 364 g/mol. The maximum Gasteiger partial charge on any atom is 0.189 e. The summed E-state index contributed by atoms with van der Waals surface area (Å²) in [6.45, 7) is 0.499. The summed E-state index contributed by atoms with van der Waals surface area (Å²) < 4.78 is 28.5. The number of fused-ring (bicyclic) bond motifs is 1. The van der Waals surface area contributed by atoms with Gasteiger partial charge in [-0.05, 0) is 34.7 Å². The third-order valence-electron chi connectivity index (χ3n) is 2.98. The van der Waals surface area contributed by atoms with Crippen molar-refractivity contribution in [1.82, 2.24) is 9.97 Å². The number of aromatic nitrogens is 2. The molecule has 21 heavy (non-hydrogen) atoms. The van der Waals surface area contributed by atoms with Crippen LogP contribution in [0.5, 0.6) is 0 Å². The summed E-state index contributed by atoms with van der Waals surface area (Å²) in [7, 11) is 1.72. The fourth-order valence-electron chi connectivity index (χ4n) is 1.95. The van der Waals surface area contributed by atoms with Crippen molar-refractivity contribution in [1.29, 1.82) is 0 Å². The fourth-order valence-corrected chi connectivity index (χ4v) is 2.70. The highest BCUT2D eigenvalue weighted by Gasteiger charge is 2.20. The Kier molecular flexibility index (Phi) is 5.34. The monoisotopic (exact) mass is 377 g/mol. The standard InChI is InChI=1S/C13H14BrF2N3OS/c1-19(4-3-5-20)12-9-8(15)6-7(14)10(16)11(9)17-13(18-12)21-2/h6,20H,3-5H2,1-2H3. The summed E-state index contributed by atoms with van der Waals surface area (Å²) in [6, 6.07) is 1.07. The van der Waals surface area contributed by atoms with Crippen molar-refractivity contribution in [3.05, 3.63) is 22.2 Å². The van der Waals surface area contributed by atoms with Crippen LogP contribution in [0, 0.1) is 11.6 Å². The smallest absolute Gasteiger partial charge is 0.189 e. The topological polar surface area (TPSA) is 49.2 Å². The van der Waals surface area contributed by atoms with Gasteiger partial charge in [-0.3, -0.25) is 0 Å². The van der Waals surface area contributed by atoms with Gasteiger partial charge in [-0.2, -0.15) is 0 Å². The minimum absolute atomic E-state index is 0.0190. The summed E-state index contributed by atoms with van der Waals surface area (Å²) in [5.41, 5.74) is -0.0490. The van der Waals surface area contributed by atoms with Crippen LogP contribution in [0.4, 0.5) is 14.6 Å². The molecule has 0 saturated heterocycles. The molecule has 0 radical (unpaired) electrons. The molecule has 0 amide bonds. The number of hydrogen-bond donors (Lipinski definition) is 1. The van der Waals surface area contributed by atoms with Crippen molar-refractivity contribution in [2.75, 3.05) is 31.4 Å². The number of aliphatic hydroxyl groups excluding tert-OH is 1. The fraction of sp³-hybridized carbons (Fsp3) is 0.385. The van der Waals surface area contributed by atoms with Crippen molar-refractivity contribution in [3.8, 4) is 0 Å². The van der Waals surface area contributed by atoms with Crippen LogP contribution in [0.1, 0.15) is 6.42 Å². The molecule has 0 aliphatic carbocycles. The van der Waals surface area contributed by atoms with E-state index in [9.17, 15) is 8.78 Å². The van der Waals surface area contributed by atoms with Gasteiger partial charge >= 0.3 is 0 Å². The first-order chi connectivity index (χ1) is 9.99. The maximum atomic E-state index is 14.2. The van der Waals surface area contributed by atoms with Gasteiger partial charge in [0.15, 0.2) is 11.0 Å². The molecule has 114 valence electrons. The molecule has 0 spiro atoms. The second-order valence-electron chi connectivity index (χ2n) is 4.41. The Labute approximate surface area is 133 Å². The Morgan fingerprint density at radius 1 is 1.38 bits per heavy atom. The number of hydrogen-bond acceptors (Lipinski definition) is 5. The summed E-state index contributed by atoms with van der Waals surface area (Å²) in [5.74, 6) is -0.876. The average Bonchev–Trinajstić information content (AvgIpc) is 2.48. The van der Waals surface area contributed by atoms with Crippen LogP contribution in [0.15, 0.2) is 15.7 Å². The van der Waals surface area contributed by atoms with Crippen molar-refractivity contribution in [2.24, 2.45) is 0 Å². The lowest BCUT2D eigenvalue weighted by Gasteiger charge is -2.20. The quantitative estimate of drug-likeness (QED) is 0.492. The maximum absolute atomic E-state index is 14.2. The number of aliphatic hydroxyl groups is 1. The minimum atomic E-state index is -0.610. The number of nitrogens with zero attached hydrogens (tertiary/aromatic N) is 3. The zero-order chi connectivity index (χ0) is 15.6. The number of benzene rings is 1. The van der Waals surface area contributed by atoms with E-state index in [4.69, 9.17) is 5.11 Å². The van der Waals surface area contributed by atoms with E-state index in [0.29, 0.717) is 23.9 Å². The van der Waals surface area contributed by atoms with E-state index in [2.05, 4.69) is 25.9 Å². The van der Waals surface area contributed by atoms with Gasteiger partial charge in [0.25, 0.3) is 0 Å². The van der Waals surface area contributed by atoms with Crippen molar-refractivity contribution >= 4 is 44.4 Å². The first-order valence-electron chi connectivity index (χ1n) is 6.20. The summed E-state index contributed by atoms with van der Waals surface area (Å²) in [6.07, 6.45) is 2.28. The molecule has 1 aromatic carbocycles. The van der Waals surface area contributed by atoms with Crippen molar-refractivity contribution in [3.63, 3.8) is 0 Å². The Morgan fingerprint density at radius 2 is 2.10 bits per heavy atom. The van der Waals surface area contributed by atoms with E-state index >= 15 is 0 Å². The summed E-state index contributed by atoms with van der Waals surface area (Å²) in [4.78, 5) is 10.0. The summed E-state index contributed by atoms with van der Waals surface area (Å²) >= 11 is 4.25. The number of thioether (sulfide) groups is 1. The molecule has 0 unspecified atom stereocenters. The molecular formula is C13H14BrF2N3OS. The van der Waals surface area contributed by atoms with E-state index < -0.39 is 11.6 Å². The van der Waals surface area contributed by atoms with Crippen LogP contribution in [-0.4, -0.2) is 41.5 Å². The third kappa shape index (κ3) is 3.27. The van der Waals surface area contributed by atoms with Crippen LogP contribution in [0.25, 0.3) is 10.9 Å². The molecule has 1 aromatic heterocycles. The molecule has 2 rings (SSSR count). The normalized spacial score (nSPS) is 11.1. The molecule has 2 aromatic rings. The Balaban J connectivity index is 2.70. The van der Waals surface area contributed by atoms with Crippen LogP contribution in [0.2, 0.25) is 0 Å². The molecule has 0 aliphatic heterocycles. The lowest BCUT2D eigenvalue weighted by molar-refractivity contribution is 0.290. The SMILES string of the molecule is CSc1nc(N(C)CCCO)c2c(F)cc(Br)c(F)c2n1. The summed E-state index contributed by atoms with van der Waals surface area (Å²) in [5, 5.41) is 9.32. The second kappa shape index (κ2) is 6.85. The first kappa shape index (κ1) is 16.4. The Hall–Kier alpha value is -0.990. The Bertz CT molecular complexity index is 672. The predicted molar refractivity (Wildman–Crippen MR) is 83.9 cm³/mol. The van der Waals surface area contributed by atoms with Crippen LogP contribution >= 0.6 is 27.7 Å². The van der Waals surface area contributed by atoms with Crippen molar-refractivity contribution in [2.45, 2.75) is 11.6 Å². The van der Waals surface area contributed by atoms with E-state index in [1.165, 1.54) is 11.8 Å². The van der Waals surface area contributed by atoms with Gasteiger partial charge in [-0.25, -0.2) is 18.7 Å². The lowest BCUT2D eigenvalue weighted by Crippen LogP contribution is -2.21. The number of halogens is 3. The Morgan fingerprint density at radius 3 is 2.71 bits per heavy atom. The minimum Gasteiger partial charge on any atom is -0.396 e. The van der Waals surface area contributed by atoms with E-state index in [1.54, 1.807) is 18.2 Å². The zero-order valence-electron chi connectivity index (χ0n) is 11.5. The highest BCUT2D eigenvalue weighted by atomic mass is 79.9. The molecule has 8 heteroatoms. The van der Waals surface area contributed by atoms with Crippen LogP contribution in [-0.2, 0) is 0 Å². The third-order valence-corrected chi connectivity index (χ3v) is 4.10. The van der Waals surface area contributed by atoms with Gasteiger partial charge in [-0.1, -0.05) is 11.8 Å². The van der Waals surface area contributed by atoms with Crippen LogP contribution in [0.3, 0.4) is 0 Å². The van der Waals surface area contributed by atoms with E-state index in [-0.39, 0.29) is 22.0 Å². The predicted octanol–water partition coefficient (Wildman–Crippen LogP) is 3.21. The highest BCUT2D eigenvalue weighted by molar-refractivity contribution is 9.10. The molecule has 1 N–H and O–H groups in total. The number of anilines is 1. The van der Waals surface area contributed by atoms with E-state index in [1.807, 2.05) is 0 Å². The van der Waals surface area contributed by atoms with Gasteiger partial charge in [0.1, 0.15) is 17.2 Å². The molecule has 0 saturated carbocycles. The largest absolute Gasteiger partial charge is 0.396 e. The molecule has 0 aliphatic rings. The second-order valence-corrected chi connectivity index (χ2v) is 6.04. The molecule has 1 heterocycles. The van der Waals surface area contributed by atoms with Gasteiger partial charge in [-0.15, -0.1) is 0 Å². The van der Waals surface area contributed by atoms with Crippen molar-refractivity contribution < 1.29 is 13.9 Å². The highest BCUT2D eigenvalue weighted by Crippen LogP contribution is 2.33. The van der Waals surface area contributed by atoms with E-state index in [0.717, 1.165) is 6.07 Å². The zero-order valence-corrected chi connectivity index (χ0v) is 13.9. The number of rotatable bonds is 5. The lowest BCUT2D eigenvalue weighted by atomic mass is 10.2. The van der Waals surface area contributed by atoms with Gasteiger partial charge < -0.3 is 10.0 Å². The molecule has 4 nitrogen and oxygen atoms in total. The van der Waals surface area contributed by atoms with Gasteiger partial charge in [0, 0.05) is 20.2 Å². The van der Waals surface area contributed by atoms with Gasteiger partial charge in [0.05, 0.1) is 9.86 Å². The van der Waals surface area contributed by atoms with Gasteiger partial charge in [0.2, 0.25) is 0 Å². The molecule has 0 fully saturated rings. The first-order valence-corrected chi connectivity index (χ1v) is 8.22. The molecule has 0 atom stereocenters. The van der Waals surface area contributed by atoms with Crippen LogP contribution < -0.4 is 4.90 Å². The average molecular weight is 378 g/mol.